The van der Waals surface area contributed by atoms with E-state index in [0.29, 0.717) is 0 Å². The number of hydrogen-bond acceptors (Lipinski definition) is 3. The molecule has 0 aromatic carbocycles. The molecule has 0 atom stereocenters. The van der Waals surface area contributed by atoms with Gasteiger partial charge in [0.2, 0.25) is 0 Å². The van der Waals surface area contributed by atoms with Gasteiger partial charge in [0.1, 0.15) is 0 Å². The van der Waals surface area contributed by atoms with E-state index in [0.717, 1.165) is 44.3 Å². The van der Waals surface area contributed by atoms with Crippen molar-refractivity contribution in [1.82, 2.24) is 10.2 Å². The standard InChI is InChI=1S/C16H30N2O/c1-2-6-16(5-1)7-3-15(4-8-16)17-9-10-18-11-13-19-14-12-18/h15,17H,1-14H2. The summed E-state index contributed by atoms with van der Waals surface area (Å²) in [6.07, 6.45) is 11.8. The number of nitrogens with zero attached hydrogens (tertiary/aromatic N) is 1. The van der Waals surface area contributed by atoms with E-state index in [4.69, 9.17) is 4.74 Å². The molecule has 3 fully saturated rings. The Labute approximate surface area is 118 Å². The highest BCUT2D eigenvalue weighted by molar-refractivity contribution is 4.91. The molecule has 0 bridgehead atoms. The molecule has 3 aliphatic rings. The minimum Gasteiger partial charge on any atom is -0.379 e. The zero-order chi connectivity index (χ0) is 13.0. The second kappa shape index (κ2) is 6.55. The topological polar surface area (TPSA) is 24.5 Å². The third-order valence-electron chi connectivity index (χ3n) is 5.68. The molecule has 3 heteroatoms. The van der Waals surface area contributed by atoms with E-state index in [9.17, 15) is 0 Å². The number of rotatable bonds is 4. The number of ether oxygens (including phenoxy) is 1. The van der Waals surface area contributed by atoms with Crippen molar-refractivity contribution in [2.75, 3.05) is 39.4 Å². The van der Waals surface area contributed by atoms with Gasteiger partial charge < -0.3 is 10.1 Å². The molecule has 19 heavy (non-hydrogen) atoms. The molecular formula is C16H30N2O. The van der Waals surface area contributed by atoms with Gasteiger partial charge in [-0.3, -0.25) is 4.90 Å². The molecule has 1 spiro atoms. The van der Waals surface area contributed by atoms with Crippen LogP contribution in [0.1, 0.15) is 51.4 Å². The van der Waals surface area contributed by atoms with Gasteiger partial charge in [-0.25, -0.2) is 0 Å². The van der Waals surface area contributed by atoms with Crippen LogP contribution in [-0.2, 0) is 4.74 Å². The lowest BCUT2D eigenvalue weighted by Gasteiger charge is -2.38. The Morgan fingerprint density at radius 1 is 1.00 bits per heavy atom. The molecule has 3 nitrogen and oxygen atoms in total. The third kappa shape index (κ3) is 3.71. The third-order valence-corrected chi connectivity index (χ3v) is 5.68. The minimum absolute atomic E-state index is 0.780. The molecule has 1 heterocycles. The van der Waals surface area contributed by atoms with Crippen molar-refractivity contribution in [3.8, 4) is 0 Å². The molecule has 1 N–H and O–H groups in total. The van der Waals surface area contributed by atoms with Gasteiger partial charge in [-0.1, -0.05) is 12.8 Å². The Hall–Kier alpha value is -0.120. The summed E-state index contributed by atoms with van der Waals surface area (Å²) < 4.78 is 5.39. The highest BCUT2D eigenvalue weighted by atomic mass is 16.5. The Kier molecular flexibility index (Phi) is 4.78. The predicted molar refractivity (Wildman–Crippen MR) is 78.4 cm³/mol. The van der Waals surface area contributed by atoms with Crippen LogP contribution < -0.4 is 5.32 Å². The van der Waals surface area contributed by atoms with Crippen molar-refractivity contribution in [3.63, 3.8) is 0 Å². The van der Waals surface area contributed by atoms with E-state index in [1.54, 1.807) is 0 Å². The van der Waals surface area contributed by atoms with Gasteiger partial charge >= 0.3 is 0 Å². The SMILES string of the molecule is C1CCC2(C1)CCC(NCCN1CCOCC1)CC2. The first-order valence-corrected chi connectivity index (χ1v) is 8.40. The lowest BCUT2D eigenvalue weighted by atomic mass is 9.71. The van der Waals surface area contributed by atoms with Gasteiger partial charge in [-0.15, -0.1) is 0 Å². The summed E-state index contributed by atoms with van der Waals surface area (Å²) >= 11 is 0. The van der Waals surface area contributed by atoms with Crippen LogP contribution in [-0.4, -0.2) is 50.3 Å². The maximum absolute atomic E-state index is 5.39. The summed E-state index contributed by atoms with van der Waals surface area (Å²) in [5.74, 6) is 0. The highest BCUT2D eigenvalue weighted by Crippen LogP contribution is 2.48. The van der Waals surface area contributed by atoms with Crippen molar-refractivity contribution in [2.45, 2.75) is 57.4 Å². The first kappa shape index (κ1) is 13.8. The molecule has 0 unspecified atom stereocenters. The molecule has 3 rings (SSSR count). The summed E-state index contributed by atoms with van der Waals surface area (Å²) in [4.78, 5) is 2.53. The molecule has 0 aromatic rings. The molecule has 0 aromatic heterocycles. The van der Waals surface area contributed by atoms with Crippen molar-refractivity contribution in [1.29, 1.82) is 0 Å². The van der Waals surface area contributed by atoms with Gasteiger partial charge in [-0.05, 0) is 43.9 Å². The lowest BCUT2D eigenvalue weighted by Crippen LogP contribution is -2.43. The predicted octanol–water partition coefficient (Wildman–Crippen LogP) is 2.41. The van der Waals surface area contributed by atoms with Crippen molar-refractivity contribution in [2.24, 2.45) is 5.41 Å². The normalized spacial score (nSPS) is 29.1. The van der Waals surface area contributed by atoms with Crippen LogP contribution >= 0.6 is 0 Å². The van der Waals surface area contributed by atoms with Crippen LogP contribution in [0.25, 0.3) is 0 Å². The zero-order valence-corrected chi connectivity index (χ0v) is 12.3. The summed E-state index contributed by atoms with van der Waals surface area (Å²) in [5.41, 5.74) is 0.780. The van der Waals surface area contributed by atoms with E-state index >= 15 is 0 Å². The van der Waals surface area contributed by atoms with Gasteiger partial charge in [0.15, 0.2) is 0 Å². The van der Waals surface area contributed by atoms with E-state index in [1.807, 2.05) is 0 Å². The Bertz CT molecular complexity index is 260. The molecule has 1 aliphatic heterocycles. The summed E-state index contributed by atoms with van der Waals surface area (Å²) in [7, 11) is 0. The molecule has 1 saturated heterocycles. The van der Waals surface area contributed by atoms with Crippen molar-refractivity contribution < 1.29 is 4.74 Å². The quantitative estimate of drug-likeness (QED) is 0.846. The fourth-order valence-electron chi connectivity index (χ4n) is 4.31. The van der Waals surface area contributed by atoms with E-state index in [2.05, 4.69) is 10.2 Å². The van der Waals surface area contributed by atoms with Gasteiger partial charge in [0.25, 0.3) is 0 Å². The molecule has 0 amide bonds. The maximum atomic E-state index is 5.39. The Balaban J connectivity index is 1.31. The van der Waals surface area contributed by atoms with Crippen LogP contribution in [0.4, 0.5) is 0 Å². The fourth-order valence-corrected chi connectivity index (χ4v) is 4.31. The average molecular weight is 266 g/mol. The molecule has 2 aliphatic carbocycles. The smallest absolute Gasteiger partial charge is 0.0594 e. The molecule has 2 saturated carbocycles. The second-order valence-electron chi connectivity index (χ2n) is 6.89. The van der Waals surface area contributed by atoms with Crippen LogP contribution in [0, 0.1) is 5.41 Å². The van der Waals surface area contributed by atoms with Gasteiger partial charge in [0, 0.05) is 32.2 Å². The monoisotopic (exact) mass is 266 g/mol. The van der Waals surface area contributed by atoms with Crippen molar-refractivity contribution in [3.05, 3.63) is 0 Å². The van der Waals surface area contributed by atoms with Gasteiger partial charge in [-0.2, -0.15) is 0 Å². The Morgan fingerprint density at radius 2 is 1.68 bits per heavy atom. The van der Waals surface area contributed by atoms with Gasteiger partial charge in [0.05, 0.1) is 13.2 Å². The minimum atomic E-state index is 0.780. The molecule has 0 radical (unpaired) electrons. The second-order valence-corrected chi connectivity index (χ2v) is 6.89. The first-order valence-electron chi connectivity index (χ1n) is 8.40. The van der Waals surface area contributed by atoms with Crippen molar-refractivity contribution >= 4 is 0 Å². The largest absolute Gasteiger partial charge is 0.379 e. The average Bonchev–Trinajstić information content (AvgIpc) is 2.91. The van der Waals surface area contributed by atoms with E-state index in [-0.39, 0.29) is 0 Å². The van der Waals surface area contributed by atoms with Crippen LogP contribution in [0.15, 0.2) is 0 Å². The Morgan fingerprint density at radius 3 is 2.37 bits per heavy atom. The van der Waals surface area contributed by atoms with E-state index < -0.39 is 0 Å². The number of hydrogen-bond donors (Lipinski definition) is 1. The van der Waals surface area contributed by atoms with Crippen LogP contribution in [0.3, 0.4) is 0 Å². The summed E-state index contributed by atoms with van der Waals surface area (Å²) in [5, 5.41) is 3.79. The highest BCUT2D eigenvalue weighted by Gasteiger charge is 2.37. The zero-order valence-electron chi connectivity index (χ0n) is 12.3. The van der Waals surface area contributed by atoms with Crippen LogP contribution in [0.5, 0.6) is 0 Å². The van der Waals surface area contributed by atoms with E-state index in [1.165, 1.54) is 57.9 Å². The molecule has 110 valence electrons. The number of nitrogens with one attached hydrogen (secondary N) is 1. The van der Waals surface area contributed by atoms with Crippen LogP contribution in [0.2, 0.25) is 0 Å². The first-order chi connectivity index (χ1) is 9.36. The lowest BCUT2D eigenvalue weighted by molar-refractivity contribution is 0.0376. The fraction of sp³-hybridized carbons (Fsp3) is 1.00. The molecular weight excluding hydrogens is 236 g/mol. The maximum Gasteiger partial charge on any atom is 0.0594 e. The summed E-state index contributed by atoms with van der Waals surface area (Å²) in [6.45, 7) is 6.45. The number of morpholine rings is 1. The summed E-state index contributed by atoms with van der Waals surface area (Å²) in [6, 6.07) is 0.798.